The Bertz CT molecular complexity index is 2810. The predicted molar refractivity (Wildman–Crippen MR) is 250 cm³/mol. The molecule has 0 aliphatic carbocycles. The summed E-state index contributed by atoms with van der Waals surface area (Å²) in [5.41, 5.74) is 10.5. The van der Waals surface area contributed by atoms with E-state index < -0.39 is 5.50 Å². The van der Waals surface area contributed by atoms with Crippen molar-refractivity contribution in [3.05, 3.63) is 99.8 Å². The summed E-state index contributed by atoms with van der Waals surface area (Å²) in [6.07, 6.45) is 5.13. The molecule has 0 bridgehead atoms. The zero-order valence-corrected chi connectivity index (χ0v) is 38.6. The van der Waals surface area contributed by atoms with Gasteiger partial charge in [-0.25, -0.2) is 4.98 Å². The molecule has 330 valence electrons. The van der Waals surface area contributed by atoms with Gasteiger partial charge >= 0.3 is 0 Å². The number of hydrogen-bond acceptors (Lipinski definition) is 8. The normalized spacial score (nSPS) is 17.1. The Balaban J connectivity index is 1.16. The molecule has 1 saturated heterocycles. The molecule has 0 radical (unpaired) electrons. The number of rotatable bonds is 14. The lowest BCUT2D eigenvalue weighted by atomic mass is 9.98. The van der Waals surface area contributed by atoms with Crippen LogP contribution in [0, 0.1) is 27.7 Å². The zero-order valence-electron chi connectivity index (χ0n) is 37.1. The average Bonchev–Trinajstić information content (AvgIpc) is 4.04. The summed E-state index contributed by atoms with van der Waals surface area (Å²) in [7, 11) is 3.64. The van der Waals surface area contributed by atoms with E-state index in [1.54, 1.807) is 18.1 Å². The molecular weight excluding hydrogens is 837 g/mol. The van der Waals surface area contributed by atoms with E-state index in [1.165, 1.54) is 0 Å². The number of anilines is 1. The van der Waals surface area contributed by atoms with Crippen molar-refractivity contribution in [3.8, 4) is 28.3 Å². The summed E-state index contributed by atoms with van der Waals surface area (Å²) >= 11 is 14.2. The Hall–Kier alpha value is -5.18. The number of aryl methyl sites for hydroxylation is 5. The van der Waals surface area contributed by atoms with Gasteiger partial charge < -0.3 is 23.3 Å². The number of amides is 1. The Kier molecular flexibility index (Phi) is 12.2. The van der Waals surface area contributed by atoms with Crippen molar-refractivity contribution in [2.24, 2.45) is 7.05 Å². The Morgan fingerprint density at radius 1 is 0.937 bits per heavy atom. The molecule has 3 aromatic carbocycles. The number of hydrogen-bond donors (Lipinski definition) is 0. The molecule has 9 rings (SSSR count). The Morgan fingerprint density at radius 3 is 2.44 bits per heavy atom. The van der Waals surface area contributed by atoms with Gasteiger partial charge in [0.05, 0.1) is 61.4 Å². The van der Waals surface area contributed by atoms with Crippen LogP contribution >= 0.6 is 23.2 Å². The van der Waals surface area contributed by atoms with Gasteiger partial charge in [-0.3, -0.25) is 24.0 Å². The average molecular weight is 893 g/mol. The van der Waals surface area contributed by atoms with Crippen molar-refractivity contribution in [3.63, 3.8) is 0 Å². The standard InChI is InChI=1S/C48H55Cl2N9O4/c1-29-24-35(25-30(2)43(29)49)63-20-9-12-37-36-10-8-11-38(42-31(3)52-54(6)32(42)4)44(36)58-33(5)46(50)59(48(60)45(37)58)41-27-56(16-15-55-17-22-62-23-18-55)40-14-13-34(26-39(40)41)47-51-28-57(53-47)19-21-61-7/h8,10-11,13-14,24-28,33,46H,9,12,15-23H2,1-7H3/t33?,46-/m0/s1. The summed E-state index contributed by atoms with van der Waals surface area (Å²) in [5.74, 6) is 1.24. The largest absolute Gasteiger partial charge is 0.494 e. The van der Waals surface area contributed by atoms with Gasteiger partial charge in [0.2, 0.25) is 0 Å². The summed E-state index contributed by atoms with van der Waals surface area (Å²) < 4.78 is 25.4. The van der Waals surface area contributed by atoms with E-state index in [0.717, 1.165) is 122 Å². The van der Waals surface area contributed by atoms with Gasteiger partial charge in [0, 0.05) is 84.7 Å². The van der Waals surface area contributed by atoms with Crippen molar-refractivity contribution in [2.45, 2.75) is 72.1 Å². The minimum absolute atomic E-state index is 0.144. The van der Waals surface area contributed by atoms with Crippen molar-refractivity contribution in [2.75, 3.05) is 58.1 Å². The third-order valence-corrected chi connectivity index (χ3v) is 14.0. The molecule has 63 heavy (non-hydrogen) atoms. The summed E-state index contributed by atoms with van der Waals surface area (Å²) in [6, 6.07) is 16.3. The number of morpholine rings is 1. The third-order valence-electron chi connectivity index (χ3n) is 12.8. The molecule has 0 N–H and O–H groups in total. The van der Waals surface area contributed by atoms with Crippen molar-refractivity contribution < 1.29 is 19.0 Å². The number of halogens is 2. The zero-order chi connectivity index (χ0) is 44.1. The molecule has 2 aliphatic heterocycles. The molecule has 13 nitrogen and oxygen atoms in total. The molecule has 4 aromatic heterocycles. The third kappa shape index (κ3) is 7.92. The summed E-state index contributed by atoms with van der Waals surface area (Å²) in [6.45, 7) is 16.6. The van der Waals surface area contributed by atoms with Crippen molar-refractivity contribution >= 4 is 56.6 Å². The molecule has 15 heteroatoms. The van der Waals surface area contributed by atoms with E-state index in [4.69, 9.17) is 47.6 Å². The lowest BCUT2D eigenvalue weighted by Crippen LogP contribution is -2.47. The van der Waals surface area contributed by atoms with Crippen LogP contribution in [0.25, 0.3) is 44.3 Å². The first-order valence-corrected chi connectivity index (χ1v) is 22.6. The van der Waals surface area contributed by atoms with Gasteiger partial charge in [0.25, 0.3) is 5.91 Å². The molecule has 6 heterocycles. The van der Waals surface area contributed by atoms with E-state index in [1.807, 2.05) is 49.5 Å². The SMILES string of the molecule is COCCn1cnc(-c2ccc3c(c2)c(N2C(=O)c4c(CCCOc5cc(C)c(Cl)c(C)c5)c5cccc(-c6c(C)nn(C)c6C)c5n4C(C)[C@H]2Cl)cn3CCN2CCOCC2)n1. The first-order chi connectivity index (χ1) is 30.4. The Labute approximate surface area is 378 Å². The maximum Gasteiger partial charge on any atom is 0.276 e. The lowest BCUT2D eigenvalue weighted by molar-refractivity contribution is 0.0365. The topological polar surface area (TPSA) is 110 Å². The van der Waals surface area contributed by atoms with Crippen LogP contribution in [0.2, 0.25) is 5.02 Å². The van der Waals surface area contributed by atoms with Crippen LogP contribution in [0.15, 0.2) is 61.1 Å². The van der Waals surface area contributed by atoms with Crippen LogP contribution in [0.4, 0.5) is 5.69 Å². The van der Waals surface area contributed by atoms with Gasteiger partial charge in [-0.2, -0.15) is 10.2 Å². The molecular formula is C48H55Cl2N9O4. The highest BCUT2D eigenvalue weighted by Crippen LogP contribution is 2.46. The van der Waals surface area contributed by atoms with Crippen molar-refractivity contribution in [1.82, 2.24) is 38.6 Å². The highest BCUT2D eigenvalue weighted by atomic mass is 35.5. The van der Waals surface area contributed by atoms with E-state index in [9.17, 15) is 0 Å². The number of alkyl halides is 1. The first kappa shape index (κ1) is 43.1. The van der Waals surface area contributed by atoms with Gasteiger partial charge in [-0.1, -0.05) is 41.4 Å². The molecule has 2 aliphatic rings. The molecule has 0 spiro atoms. The molecule has 0 saturated carbocycles. The quantitative estimate of drug-likeness (QED) is 0.0606. The fourth-order valence-corrected chi connectivity index (χ4v) is 9.93. The van der Waals surface area contributed by atoms with Gasteiger partial charge in [-0.05, 0) is 94.5 Å². The molecule has 1 amide bonds. The fraction of sp³-hybridized carbons (Fsp3) is 0.417. The maximum atomic E-state index is 15.7. The number of fused-ring (bicyclic) bond motifs is 4. The fourth-order valence-electron chi connectivity index (χ4n) is 9.51. The number of benzene rings is 3. The number of para-hydroxylation sites is 1. The molecule has 7 aromatic rings. The van der Waals surface area contributed by atoms with Crippen LogP contribution < -0.4 is 9.64 Å². The monoisotopic (exact) mass is 891 g/mol. The maximum absolute atomic E-state index is 15.7. The molecule has 1 fully saturated rings. The molecule has 2 atom stereocenters. The predicted octanol–water partition coefficient (Wildman–Crippen LogP) is 8.92. The van der Waals surface area contributed by atoms with E-state index in [2.05, 4.69) is 75.5 Å². The summed E-state index contributed by atoms with van der Waals surface area (Å²) in [5, 5.41) is 12.2. The summed E-state index contributed by atoms with van der Waals surface area (Å²) in [4.78, 5) is 24.6. The van der Waals surface area contributed by atoms with Crippen LogP contribution in [0.1, 0.15) is 58.0 Å². The van der Waals surface area contributed by atoms with Crippen LogP contribution in [0.3, 0.4) is 0 Å². The number of aromatic nitrogens is 7. The highest BCUT2D eigenvalue weighted by molar-refractivity contribution is 6.32. The highest BCUT2D eigenvalue weighted by Gasteiger charge is 2.42. The van der Waals surface area contributed by atoms with Gasteiger partial charge in [-0.15, -0.1) is 0 Å². The van der Waals surface area contributed by atoms with Gasteiger partial charge in [0.15, 0.2) is 5.82 Å². The van der Waals surface area contributed by atoms with Crippen LogP contribution in [-0.4, -0.2) is 103 Å². The van der Waals surface area contributed by atoms with Crippen LogP contribution in [0.5, 0.6) is 5.75 Å². The second kappa shape index (κ2) is 17.8. The van der Waals surface area contributed by atoms with E-state index in [-0.39, 0.29) is 11.9 Å². The number of carbonyl (C=O) groups excluding carboxylic acids is 1. The second-order valence-corrected chi connectivity index (χ2v) is 17.7. The minimum atomic E-state index is -0.717. The van der Waals surface area contributed by atoms with Crippen molar-refractivity contribution in [1.29, 1.82) is 0 Å². The number of nitrogens with zero attached hydrogens (tertiary/aromatic N) is 9. The minimum Gasteiger partial charge on any atom is -0.494 e. The Morgan fingerprint density at radius 2 is 1.71 bits per heavy atom. The number of methoxy groups -OCH3 is 1. The molecule has 1 unspecified atom stereocenters. The second-order valence-electron chi connectivity index (χ2n) is 16.9. The number of carbonyl (C=O) groups is 1. The van der Waals surface area contributed by atoms with E-state index >= 15 is 4.79 Å². The lowest BCUT2D eigenvalue weighted by Gasteiger charge is -2.38. The number of ether oxygens (including phenoxy) is 3. The first-order valence-electron chi connectivity index (χ1n) is 21.8. The smallest absolute Gasteiger partial charge is 0.276 e. The van der Waals surface area contributed by atoms with E-state index in [0.29, 0.717) is 44.1 Å². The van der Waals surface area contributed by atoms with Gasteiger partial charge in [0.1, 0.15) is 23.3 Å². The van der Waals surface area contributed by atoms with Crippen LogP contribution in [-0.2, 0) is 36.0 Å².